The topological polar surface area (TPSA) is 38.8 Å². The first-order chi connectivity index (χ1) is 12.3. The molecule has 1 saturated heterocycles. The van der Waals surface area contributed by atoms with Gasteiger partial charge in [0.05, 0.1) is 19.8 Å². The summed E-state index contributed by atoms with van der Waals surface area (Å²) in [5, 5.41) is 0. The van der Waals surface area contributed by atoms with Gasteiger partial charge in [-0.3, -0.25) is 4.79 Å². The number of hydrogen-bond donors (Lipinski definition) is 0. The Morgan fingerprint density at radius 3 is 2.76 bits per heavy atom. The molecule has 25 heavy (non-hydrogen) atoms. The lowest BCUT2D eigenvalue weighted by Crippen LogP contribution is -2.41. The summed E-state index contributed by atoms with van der Waals surface area (Å²) in [6, 6.07) is 17.7. The zero-order chi connectivity index (χ0) is 17.5. The number of carbonyl (C=O) groups is 1. The highest BCUT2D eigenvalue weighted by Gasteiger charge is 2.24. The van der Waals surface area contributed by atoms with Gasteiger partial charge in [-0.2, -0.15) is 0 Å². The summed E-state index contributed by atoms with van der Waals surface area (Å²) in [5.74, 6) is 0.786. The van der Waals surface area contributed by atoms with Gasteiger partial charge in [-0.25, -0.2) is 0 Å². The van der Waals surface area contributed by atoms with Gasteiger partial charge >= 0.3 is 0 Å². The predicted octanol–water partition coefficient (Wildman–Crippen LogP) is 3.70. The summed E-state index contributed by atoms with van der Waals surface area (Å²) in [6.07, 6.45) is 3.37. The maximum atomic E-state index is 12.6. The number of amides is 1. The number of ether oxygens (including phenoxy) is 2. The van der Waals surface area contributed by atoms with Gasteiger partial charge in [0.2, 0.25) is 5.91 Å². The van der Waals surface area contributed by atoms with Gasteiger partial charge in [-0.15, -0.1) is 0 Å². The number of nitrogens with zero attached hydrogens (tertiary/aromatic N) is 1. The summed E-state index contributed by atoms with van der Waals surface area (Å²) in [7, 11) is 0. The summed E-state index contributed by atoms with van der Waals surface area (Å²) < 4.78 is 11.4. The van der Waals surface area contributed by atoms with Gasteiger partial charge in [-0.05, 0) is 24.6 Å². The van der Waals surface area contributed by atoms with E-state index in [0.29, 0.717) is 26.3 Å². The molecular formula is C21H23NO3. The molecular weight excluding hydrogens is 314 g/mol. The van der Waals surface area contributed by atoms with Crippen molar-refractivity contribution < 1.29 is 14.3 Å². The fraction of sp³-hybridized carbons (Fsp3) is 0.286. The number of morpholine rings is 1. The fourth-order valence-corrected chi connectivity index (χ4v) is 2.89. The van der Waals surface area contributed by atoms with E-state index < -0.39 is 0 Å². The van der Waals surface area contributed by atoms with Crippen molar-refractivity contribution >= 4 is 12.0 Å². The molecule has 1 fully saturated rings. The van der Waals surface area contributed by atoms with Crippen LogP contribution < -0.4 is 4.74 Å². The third-order valence-electron chi connectivity index (χ3n) is 4.17. The maximum absolute atomic E-state index is 12.6. The first kappa shape index (κ1) is 17.2. The molecule has 1 aliphatic rings. The molecule has 2 aromatic rings. The molecule has 0 N–H and O–H groups in total. The highest BCUT2D eigenvalue weighted by molar-refractivity contribution is 5.92. The summed E-state index contributed by atoms with van der Waals surface area (Å²) in [6.45, 7) is 4.28. The van der Waals surface area contributed by atoms with E-state index in [1.807, 2.05) is 72.5 Å². The third-order valence-corrected chi connectivity index (χ3v) is 4.17. The Balaban J connectivity index is 1.67. The van der Waals surface area contributed by atoms with E-state index in [1.165, 1.54) is 0 Å². The molecule has 0 aliphatic carbocycles. The van der Waals surface area contributed by atoms with Crippen LogP contribution in [0.15, 0.2) is 60.7 Å². The van der Waals surface area contributed by atoms with Gasteiger partial charge in [0.1, 0.15) is 11.9 Å². The van der Waals surface area contributed by atoms with E-state index in [-0.39, 0.29) is 12.0 Å². The first-order valence-corrected chi connectivity index (χ1v) is 8.63. The zero-order valence-electron chi connectivity index (χ0n) is 14.4. The molecule has 1 amide bonds. The molecule has 2 aromatic carbocycles. The van der Waals surface area contributed by atoms with Crippen LogP contribution in [0.1, 0.15) is 24.2 Å². The van der Waals surface area contributed by atoms with E-state index in [2.05, 4.69) is 0 Å². The van der Waals surface area contributed by atoms with Crippen LogP contribution in [0.3, 0.4) is 0 Å². The second-order valence-electron chi connectivity index (χ2n) is 5.86. The number of rotatable bonds is 5. The molecule has 4 nitrogen and oxygen atoms in total. The molecule has 0 saturated carbocycles. The van der Waals surface area contributed by atoms with Crippen molar-refractivity contribution in [2.45, 2.75) is 13.0 Å². The SMILES string of the molecule is CCOc1ccccc1/C=C/C(=O)N1CCOC(c2ccccc2)C1. The lowest BCUT2D eigenvalue weighted by molar-refractivity contribution is -0.133. The highest BCUT2D eigenvalue weighted by Crippen LogP contribution is 2.23. The van der Waals surface area contributed by atoms with E-state index >= 15 is 0 Å². The molecule has 1 atom stereocenters. The molecule has 3 rings (SSSR count). The average molecular weight is 337 g/mol. The van der Waals surface area contributed by atoms with E-state index in [4.69, 9.17) is 9.47 Å². The van der Waals surface area contributed by atoms with Crippen molar-refractivity contribution in [2.24, 2.45) is 0 Å². The van der Waals surface area contributed by atoms with Gasteiger partial charge in [0, 0.05) is 18.2 Å². The van der Waals surface area contributed by atoms with Gasteiger partial charge in [0.25, 0.3) is 0 Å². The molecule has 1 heterocycles. The molecule has 4 heteroatoms. The Labute approximate surface area is 148 Å². The lowest BCUT2D eigenvalue weighted by atomic mass is 10.1. The van der Waals surface area contributed by atoms with Crippen LogP contribution in [-0.2, 0) is 9.53 Å². The van der Waals surface area contributed by atoms with Gasteiger partial charge in [0.15, 0.2) is 0 Å². The van der Waals surface area contributed by atoms with Crippen molar-refractivity contribution in [3.05, 3.63) is 71.8 Å². The van der Waals surface area contributed by atoms with Crippen LogP contribution in [0.25, 0.3) is 6.08 Å². The standard InChI is InChI=1S/C21H23NO3/c1-2-24-19-11-7-6-10-18(19)12-13-21(23)22-14-15-25-20(16-22)17-8-4-3-5-9-17/h3-13,20H,2,14-16H2,1H3/b13-12+. The van der Waals surface area contributed by atoms with Crippen molar-refractivity contribution in [3.8, 4) is 5.75 Å². The molecule has 0 radical (unpaired) electrons. The van der Waals surface area contributed by atoms with E-state index in [0.717, 1.165) is 16.9 Å². The first-order valence-electron chi connectivity index (χ1n) is 8.63. The van der Waals surface area contributed by atoms with Crippen LogP contribution in [0.5, 0.6) is 5.75 Å². The van der Waals surface area contributed by atoms with E-state index in [1.54, 1.807) is 6.08 Å². The monoisotopic (exact) mass is 337 g/mol. The average Bonchev–Trinajstić information content (AvgIpc) is 2.68. The van der Waals surface area contributed by atoms with Crippen LogP contribution in [0, 0.1) is 0 Å². The molecule has 1 aliphatic heterocycles. The lowest BCUT2D eigenvalue weighted by Gasteiger charge is -2.32. The minimum Gasteiger partial charge on any atom is -0.493 e. The normalized spacial score (nSPS) is 17.6. The van der Waals surface area contributed by atoms with Crippen LogP contribution in [0.2, 0.25) is 0 Å². The van der Waals surface area contributed by atoms with Crippen LogP contribution in [-0.4, -0.2) is 37.1 Å². The molecule has 0 spiro atoms. The minimum atomic E-state index is -0.0667. The Morgan fingerprint density at radius 2 is 1.96 bits per heavy atom. The Morgan fingerprint density at radius 1 is 1.20 bits per heavy atom. The number of hydrogen-bond acceptors (Lipinski definition) is 3. The second kappa shape index (κ2) is 8.49. The van der Waals surface area contributed by atoms with Crippen molar-refractivity contribution in [1.29, 1.82) is 0 Å². The van der Waals surface area contributed by atoms with Crippen molar-refractivity contribution in [3.63, 3.8) is 0 Å². The maximum Gasteiger partial charge on any atom is 0.246 e. The summed E-state index contributed by atoms with van der Waals surface area (Å²) >= 11 is 0. The molecule has 0 bridgehead atoms. The molecule has 130 valence electrons. The molecule has 0 aromatic heterocycles. The Kier molecular flexibility index (Phi) is 5.86. The van der Waals surface area contributed by atoms with Crippen molar-refractivity contribution in [2.75, 3.05) is 26.3 Å². The van der Waals surface area contributed by atoms with Gasteiger partial charge in [-0.1, -0.05) is 48.5 Å². The van der Waals surface area contributed by atoms with Crippen LogP contribution >= 0.6 is 0 Å². The fourth-order valence-electron chi connectivity index (χ4n) is 2.89. The highest BCUT2D eigenvalue weighted by atomic mass is 16.5. The largest absolute Gasteiger partial charge is 0.493 e. The smallest absolute Gasteiger partial charge is 0.246 e. The van der Waals surface area contributed by atoms with Gasteiger partial charge < -0.3 is 14.4 Å². The predicted molar refractivity (Wildman–Crippen MR) is 98.4 cm³/mol. The number of para-hydroxylation sites is 1. The third kappa shape index (κ3) is 4.48. The Bertz CT molecular complexity index is 727. The second-order valence-corrected chi connectivity index (χ2v) is 5.86. The quantitative estimate of drug-likeness (QED) is 0.781. The van der Waals surface area contributed by atoms with Crippen molar-refractivity contribution in [1.82, 2.24) is 4.90 Å². The zero-order valence-corrected chi connectivity index (χ0v) is 14.4. The Hall–Kier alpha value is -2.59. The number of benzene rings is 2. The molecule has 1 unspecified atom stereocenters. The minimum absolute atomic E-state index is 0.00414. The van der Waals surface area contributed by atoms with E-state index in [9.17, 15) is 4.79 Å². The number of carbonyl (C=O) groups excluding carboxylic acids is 1. The van der Waals surface area contributed by atoms with Crippen LogP contribution in [0.4, 0.5) is 0 Å². The summed E-state index contributed by atoms with van der Waals surface area (Å²) in [5.41, 5.74) is 2.01. The summed E-state index contributed by atoms with van der Waals surface area (Å²) in [4.78, 5) is 14.4.